The van der Waals surface area contributed by atoms with Gasteiger partial charge in [0, 0.05) is 6.04 Å². The van der Waals surface area contributed by atoms with Gasteiger partial charge in [-0.3, -0.25) is 5.32 Å². The average molecular weight is 186 g/mol. The van der Waals surface area contributed by atoms with Crippen LogP contribution in [0, 0.1) is 5.92 Å². The van der Waals surface area contributed by atoms with Gasteiger partial charge < -0.3 is 5.73 Å². The second kappa shape index (κ2) is 7.34. The zero-order valence-corrected chi connectivity index (χ0v) is 9.64. The molecule has 0 aliphatic rings. The highest BCUT2D eigenvalue weighted by molar-refractivity contribution is 4.68. The van der Waals surface area contributed by atoms with Crippen molar-refractivity contribution in [3.63, 3.8) is 0 Å². The largest absolute Gasteiger partial charge is 0.316 e. The average Bonchev–Trinajstić information content (AvgIpc) is 2.04. The Morgan fingerprint density at radius 3 is 2.23 bits per heavy atom. The molecule has 0 bridgehead atoms. The van der Waals surface area contributed by atoms with Crippen LogP contribution in [0.1, 0.15) is 53.4 Å². The molecular formula is C11H26N2. The number of hydrogen-bond donors (Lipinski definition) is 2. The second-order valence-corrected chi connectivity index (χ2v) is 4.30. The molecular weight excluding hydrogens is 160 g/mol. The van der Waals surface area contributed by atoms with E-state index in [1.54, 1.807) is 0 Å². The molecule has 0 aromatic rings. The molecule has 0 amide bonds. The molecule has 13 heavy (non-hydrogen) atoms. The van der Waals surface area contributed by atoms with E-state index in [2.05, 4.69) is 33.0 Å². The first-order valence-electron chi connectivity index (χ1n) is 5.59. The highest BCUT2D eigenvalue weighted by Crippen LogP contribution is 2.04. The van der Waals surface area contributed by atoms with Gasteiger partial charge in [0.2, 0.25) is 0 Å². The van der Waals surface area contributed by atoms with Gasteiger partial charge in [-0.25, -0.2) is 0 Å². The molecule has 0 aromatic carbocycles. The quantitative estimate of drug-likeness (QED) is 0.473. The molecule has 2 heteroatoms. The Balaban J connectivity index is 3.43. The fourth-order valence-corrected chi connectivity index (χ4v) is 1.23. The Kier molecular flexibility index (Phi) is 7.29. The molecule has 0 saturated heterocycles. The topological polar surface area (TPSA) is 38.0 Å². The Bertz CT molecular complexity index is 113. The Hall–Kier alpha value is -0.0800. The van der Waals surface area contributed by atoms with Crippen molar-refractivity contribution in [1.29, 1.82) is 0 Å². The summed E-state index contributed by atoms with van der Waals surface area (Å²) in [6, 6.07) is 0.525. The minimum atomic E-state index is 0.184. The lowest BCUT2D eigenvalue weighted by molar-refractivity contribution is 0.357. The minimum Gasteiger partial charge on any atom is -0.316 e. The van der Waals surface area contributed by atoms with Crippen molar-refractivity contribution in [3.8, 4) is 0 Å². The molecule has 2 nitrogen and oxygen atoms in total. The summed E-state index contributed by atoms with van der Waals surface area (Å²) in [4.78, 5) is 0. The molecule has 0 radical (unpaired) electrons. The molecule has 0 aliphatic heterocycles. The van der Waals surface area contributed by atoms with Crippen molar-refractivity contribution in [2.24, 2.45) is 11.7 Å². The van der Waals surface area contributed by atoms with Crippen LogP contribution in [0.15, 0.2) is 0 Å². The van der Waals surface area contributed by atoms with Gasteiger partial charge in [-0.15, -0.1) is 0 Å². The Morgan fingerprint density at radius 1 is 1.15 bits per heavy atom. The molecule has 80 valence electrons. The smallest absolute Gasteiger partial charge is 0.0548 e. The summed E-state index contributed by atoms with van der Waals surface area (Å²) >= 11 is 0. The molecule has 2 unspecified atom stereocenters. The second-order valence-electron chi connectivity index (χ2n) is 4.30. The molecule has 0 heterocycles. The molecule has 0 fully saturated rings. The monoisotopic (exact) mass is 186 g/mol. The third-order valence-electron chi connectivity index (χ3n) is 2.60. The van der Waals surface area contributed by atoms with Crippen LogP contribution in [0.2, 0.25) is 0 Å². The van der Waals surface area contributed by atoms with Crippen LogP contribution in [0.4, 0.5) is 0 Å². The van der Waals surface area contributed by atoms with E-state index in [-0.39, 0.29) is 6.17 Å². The number of rotatable bonds is 7. The van der Waals surface area contributed by atoms with Crippen molar-refractivity contribution in [1.82, 2.24) is 5.32 Å². The SMILES string of the molecule is CCCCCC(N)NC(C)C(C)C. The summed E-state index contributed by atoms with van der Waals surface area (Å²) in [6.45, 7) is 8.85. The third-order valence-corrected chi connectivity index (χ3v) is 2.60. The van der Waals surface area contributed by atoms with Gasteiger partial charge in [-0.2, -0.15) is 0 Å². The minimum absolute atomic E-state index is 0.184. The molecule has 3 N–H and O–H groups in total. The molecule has 0 spiro atoms. The van der Waals surface area contributed by atoms with Crippen LogP contribution in [0.5, 0.6) is 0 Å². The lowest BCUT2D eigenvalue weighted by Gasteiger charge is -2.22. The van der Waals surface area contributed by atoms with Gasteiger partial charge in [0.05, 0.1) is 6.17 Å². The van der Waals surface area contributed by atoms with Crippen LogP contribution in [0.3, 0.4) is 0 Å². The van der Waals surface area contributed by atoms with E-state index in [4.69, 9.17) is 5.73 Å². The number of hydrogen-bond acceptors (Lipinski definition) is 2. The van der Waals surface area contributed by atoms with Crippen LogP contribution >= 0.6 is 0 Å². The summed E-state index contributed by atoms with van der Waals surface area (Å²) in [5.41, 5.74) is 5.94. The van der Waals surface area contributed by atoms with Gasteiger partial charge in [-0.1, -0.05) is 40.0 Å². The van der Waals surface area contributed by atoms with E-state index in [9.17, 15) is 0 Å². The number of unbranched alkanes of at least 4 members (excludes halogenated alkanes) is 2. The van der Waals surface area contributed by atoms with E-state index in [1.165, 1.54) is 19.3 Å². The summed E-state index contributed by atoms with van der Waals surface area (Å²) in [7, 11) is 0. The van der Waals surface area contributed by atoms with E-state index < -0.39 is 0 Å². The van der Waals surface area contributed by atoms with Gasteiger partial charge in [0.15, 0.2) is 0 Å². The van der Waals surface area contributed by atoms with Crippen molar-refractivity contribution >= 4 is 0 Å². The van der Waals surface area contributed by atoms with Crippen molar-refractivity contribution < 1.29 is 0 Å². The van der Waals surface area contributed by atoms with E-state index in [0.717, 1.165) is 6.42 Å². The normalized spacial score (nSPS) is 16.2. The molecule has 0 saturated carbocycles. The number of nitrogens with one attached hydrogen (secondary N) is 1. The number of nitrogens with two attached hydrogens (primary N) is 1. The maximum atomic E-state index is 5.94. The standard InChI is InChI=1S/C11H26N2/c1-5-6-7-8-11(12)13-10(4)9(2)3/h9-11,13H,5-8,12H2,1-4H3. The highest BCUT2D eigenvalue weighted by Gasteiger charge is 2.09. The van der Waals surface area contributed by atoms with Crippen molar-refractivity contribution in [2.75, 3.05) is 0 Å². The Labute approximate surface area is 83.3 Å². The molecule has 0 rings (SSSR count). The van der Waals surface area contributed by atoms with Crippen LogP contribution in [0.25, 0.3) is 0 Å². The predicted octanol–water partition coefficient (Wildman–Crippen LogP) is 2.49. The fraction of sp³-hybridized carbons (Fsp3) is 1.00. The van der Waals surface area contributed by atoms with Gasteiger partial charge in [0.1, 0.15) is 0 Å². The van der Waals surface area contributed by atoms with Crippen LogP contribution in [-0.4, -0.2) is 12.2 Å². The van der Waals surface area contributed by atoms with E-state index in [0.29, 0.717) is 12.0 Å². The lowest BCUT2D eigenvalue weighted by Crippen LogP contribution is -2.44. The summed E-state index contributed by atoms with van der Waals surface area (Å²) in [5.74, 6) is 0.664. The van der Waals surface area contributed by atoms with Gasteiger partial charge >= 0.3 is 0 Å². The predicted molar refractivity (Wildman–Crippen MR) is 59.6 cm³/mol. The molecule has 0 aliphatic carbocycles. The fourth-order valence-electron chi connectivity index (χ4n) is 1.23. The first-order valence-corrected chi connectivity index (χ1v) is 5.59. The van der Waals surface area contributed by atoms with Gasteiger partial charge in [0.25, 0.3) is 0 Å². The van der Waals surface area contributed by atoms with Crippen molar-refractivity contribution in [3.05, 3.63) is 0 Å². The maximum absolute atomic E-state index is 5.94. The zero-order chi connectivity index (χ0) is 10.3. The summed E-state index contributed by atoms with van der Waals surface area (Å²) in [5, 5.41) is 3.42. The Morgan fingerprint density at radius 2 is 1.77 bits per heavy atom. The first kappa shape index (κ1) is 12.9. The molecule has 0 aromatic heterocycles. The summed E-state index contributed by atoms with van der Waals surface area (Å²) < 4.78 is 0. The van der Waals surface area contributed by atoms with E-state index >= 15 is 0 Å². The third kappa shape index (κ3) is 7.03. The highest BCUT2D eigenvalue weighted by atomic mass is 15.0. The van der Waals surface area contributed by atoms with Crippen LogP contribution in [-0.2, 0) is 0 Å². The van der Waals surface area contributed by atoms with Crippen molar-refractivity contribution in [2.45, 2.75) is 65.6 Å². The maximum Gasteiger partial charge on any atom is 0.0548 e. The first-order chi connectivity index (χ1) is 6.07. The zero-order valence-electron chi connectivity index (χ0n) is 9.64. The van der Waals surface area contributed by atoms with Gasteiger partial charge in [-0.05, 0) is 19.3 Å². The van der Waals surface area contributed by atoms with Crippen LogP contribution < -0.4 is 11.1 Å². The van der Waals surface area contributed by atoms with E-state index in [1.807, 2.05) is 0 Å². The molecule has 2 atom stereocenters. The summed E-state index contributed by atoms with van der Waals surface area (Å²) in [6.07, 6.45) is 5.10. The lowest BCUT2D eigenvalue weighted by atomic mass is 10.1.